The number of hydrogen-bond donors (Lipinski definition) is 4. The molecule has 0 aliphatic carbocycles. The van der Waals surface area contributed by atoms with Crippen molar-refractivity contribution in [3.05, 3.63) is 108 Å². The van der Waals surface area contributed by atoms with Crippen molar-refractivity contribution in [1.29, 1.82) is 0 Å². The van der Waals surface area contributed by atoms with E-state index >= 15 is 0 Å². The minimum Gasteiger partial charge on any atom is -0.507 e. The van der Waals surface area contributed by atoms with E-state index in [0.29, 0.717) is 17.5 Å². The summed E-state index contributed by atoms with van der Waals surface area (Å²) in [5, 5.41) is 22.8. The van der Waals surface area contributed by atoms with E-state index in [2.05, 4.69) is 30.7 Å². The molecule has 0 spiro atoms. The van der Waals surface area contributed by atoms with Gasteiger partial charge in [-0.3, -0.25) is 0 Å². The van der Waals surface area contributed by atoms with Gasteiger partial charge < -0.3 is 21.6 Å². The highest BCUT2D eigenvalue weighted by molar-refractivity contribution is 6.19. The molecule has 0 aliphatic rings. The maximum atomic E-state index is 10.7. The zero-order chi connectivity index (χ0) is 23.3. The zero-order valence-corrected chi connectivity index (χ0v) is 18.1. The number of hydrogen-bond acceptors (Lipinski definition) is 8. The monoisotopic (exact) mass is 447 g/mol. The second-order valence-electron chi connectivity index (χ2n) is 7.45. The Hall–Kier alpha value is -4.98. The van der Waals surface area contributed by atoms with Crippen molar-refractivity contribution in [2.24, 2.45) is 10.9 Å². The summed E-state index contributed by atoms with van der Waals surface area (Å²) in [5.74, 6) is 6.68. The summed E-state index contributed by atoms with van der Waals surface area (Å²) in [6.07, 6.45) is 0. The van der Waals surface area contributed by atoms with Gasteiger partial charge in [-0.15, -0.1) is 0 Å². The Balaban J connectivity index is 1.64. The number of aromatic nitrogens is 3. The molecule has 34 heavy (non-hydrogen) atoms. The lowest BCUT2D eigenvalue weighted by molar-refractivity contribution is 0.475. The number of benzene rings is 4. The number of hydrazone groups is 1. The van der Waals surface area contributed by atoms with Crippen LogP contribution in [0.25, 0.3) is 10.8 Å². The van der Waals surface area contributed by atoms with Crippen LogP contribution in [-0.4, -0.2) is 25.8 Å². The highest BCUT2D eigenvalue weighted by Crippen LogP contribution is 2.29. The van der Waals surface area contributed by atoms with Crippen LogP contribution in [0.15, 0.2) is 102 Å². The average Bonchev–Trinajstić information content (AvgIpc) is 2.87. The molecule has 1 heterocycles. The van der Waals surface area contributed by atoms with Gasteiger partial charge in [-0.25, -0.2) is 0 Å². The molecule has 8 heteroatoms. The maximum Gasteiger partial charge on any atom is 0.232 e. The first-order valence-corrected chi connectivity index (χ1v) is 10.6. The second-order valence-corrected chi connectivity index (χ2v) is 7.45. The van der Waals surface area contributed by atoms with Crippen molar-refractivity contribution in [3.8, 4) is 5.75 Å². The van der Waals surface area contributed by atoms with Crippen LogP contribution in [-0.2, 0) is 0 Å². The van der Waals surface area contributed by atoms with Gasteiger partial charge in [-0.2, -0.15) is 20.1 Å². The Morgan fingerprint density at radius 3 is 1.82 bits per heavy atom. The number of rotatable bonds is 6. The second kappa shape index (κ2) is 9.25. The van der Waals surface area contributed by atoms with Gasteiger partial charge in [0.05, 0.1) is 5.56 Å². The molecule has 0 bridgehead atoms. The van der Waals surface area contributed by atoms with Gasteiger partial charge in [0.1, 0.15) is 11.5 Å². The molecule has 5 aromatic rings. The van der Waals surface area contributed by atoms with Crippen molar-refractivity contribution in [2.75, 3.05) is 10.6 Å². The summed E-state index contributed by atoms with van der Waals surface area (Å²) < 4.78 is 0. The number of phenolic OH excluding ortho intramolecular Hbond substituents is 1. The summed E-state index contributed by atoms with van der Waals surface area (Å²) in [4.78, 5) is 13.7. The van der Waals surface area contributed by atoms with Crippen molar-refractivity contribution < 1.29 is 5.11 Å². The fourth-order valence-electron chi connectivity index (χ4n) is 3.64. The van der Waals surface area contributed by atoms with Gasteiger partial charge >= 0.3 is 0 Å². The molecular formula is C26H21N7O. The first-order valence-electron chi connectivity index (χ1n) is 10.6. The molecule has 0 saturated carbocycles. The van der Waals surface area contributed by atoms with E-state index in [0.717, 1.165) is 22.1 Å². The summed E-state index contributed by atoms with van der Waals surface area (Å²) in [5.41, 5.74) is 2.31. The molecule has 1 aromatic heterocycles. The Bertz CT molecular complexity index is 1410. The minimum atomic E-state index is 0.0263. The maximum absolute atomic E-state index is 10.7. The van der Waals surface area contributed by atoms with Gasteiger partial charge in [0, 0.05) is 11.4 Å². The summed E-state index contributed by atoms with van der Waals surface area (Å²) in [6, 6.07) is 30.2. The predicted octanol–water partition coefficient (Wildman–Crippen LogP) is 4.93. The zero-order valence-electron chi connectivity index (χ0n) is 18.1. The van der Waals surface area contributed by atoms with Crippen LogP contribution in [0.3, 0.4) is 0 Å². The third-order valence-electron chi connectivity index (χ3n) is 5.18. The molecule has 4 aromatic carbocycles. The van der Waals surface area contributed by atoms with E-state index in [9.17, 15) is 5.11 Å². The number of nitrogens with one attached hydrogen (secondary N) is 2. The number of aromatic hydroxyl groups is 1. The molecule has 0 saturated heterocycles. The van der Waals surface area contributed by atoms with Crippen molar-refractivity contribution >= 4 is 39.8 Å². The summed E-state index contributed by atoms with van der Waals surface area (Å²) >= 11 is 0. The minimum absolute atomic E-state index is 0.0263. The van der Waals surface area contributed by atoms with Crippen LogP contribution in [0, 0.1) is 0 Å². The molecule has 0 atom stereocenters. The number of fused-ring (bicyclic) bond motifs is 1. The molecule has 0 amide bonds. The first-order chi connectivity index (χ1) is 16.7. The van der Waals surface area contributed by atoms with E-state index in [1.165, 1.54) is 0 Å². The Kier molecular flexibility index (Phi) is 5.69. The molecule has 5 rings (SSSR count). The smallest absolute Gasteiger partial charge is 0.232 e. The van der Waals surface area contributed by atoms with Crippen LogP contribution in [0.2, 0.25) is 0 Å². The SMILES string of the molecule is N/N=C(/c1nc(Nc2ccccc2)nc(Nc2ccccc2)n1)c1c(O)ccc2ccccc12. The van der Waals surface area contributed by atoms with Crippen molar-refractivity contribution in [2.45, 2.75) is 0 Å². The van der Waals surface area contributed by atoms with Crippen LogP contribution in [0.5, 0.6) is 5.75 Å². The van der Waals surface area contributed by atoms with E-state index in [4.69, 9.17) is 5.84 Å². The predicted molar refractivity (Wildman–Crippen MR) is 135 cm³/mol. The number of phenols is 1. The molecule has 0 radical (unpaired) electrons. The number of anilines is 4. The molecular weight excluding hydrogens is 426 g/mol. The van der Waals surface area contributed by atoms with Gasteiger partial charge in [-0.1, -0.05) is 66.7 Å². The van der Waals surface area contributed by atoms with Crippen LogP contribution >= 0.6 is 0 Å². The normalized spacial score (nSPS) is 11.4. The Morgan fingerprint density at radius 1 is 0.676 bits per heavy atom. The fourth-order valence-corrected chi connectivity index (χ4v) is 3.64. The van der Waals surface area contributed by atoms with E-state index in [1.807, 2.05) is 91.0 Å². The molecule has 5 N–H and O–H groups in total. The lowest BCUT2D eigenvalue weighted by Crippen LogP contribution is -2.15. The Morgan fingerprint density at radius 2 is 1.24 bits per heavy atom. The summed E-state index contributed by atoms with van der Waals surface area (Å²) in [7, 11) is 0. The fraction of sp³-hybridized carbons (Fsp3) is 0. The van der Waals surface area contributed by atoms with Crippen molar-refractivity contribution in [3.63, 3.8) is 0 Å². The van der Waals surface area contributed by atoms with Crippen molar-refractivity contribution in [1.82, 2.24) is 15.0 Å². The largest absolute Gasteiger partial charge is 0.507 e. The first kappa shape index (κ1) is 20.9. The van der Waals surface area contributed by atoms with Gasteiger partial charge in [0.2, 0.25) is 11.9 Å². The molecule has 0 fully saturated rings. The van der Waals surface area contributed by atoms with Crippen LogP contribution < -0.4 is 16.5 Å². The third-order valence-corrected chi connectivity index (χ3v) is 5.18. The topological polar surface area (TPSA) is 121 Å². The van der Waals surface area contributed by atoms with Gasteiger partial charge in [0.25, 0.3) is 0 Å². The van der Waals surface area contributed by atoms with E-state index in [1.54, 1.807) is 6.07 Å². The average molecular weight is 448 g/mol. The Labute approximate surface area is 195 Å². The van der Waals surface area contributed by atoms with Gasteiger partial charge in [0.15, 0.2) is 5.82 Å². The molecule has 0 unspecified atom stereocenters. The standard InChI is InChI=1S/C26H21N7O/c27-33-23(22-20-14-8-7-9-17(20)15-16-21(22)34)24-30-25(28-18-10-3-1-4-11-18)32-26(31-24)29-19-12-5-2-6-13-19/h1-16,34H,27H2,(H2,28,29,30,31,32)/b33-23+. The highest BCUT2D eigenvalue weighted by atomic mass is 16.3. The number of para-hydroxylation sites is 2. The molecule has 166 valence electrons. The summed E-state index contributed by atoms with van der Waals surface area (Å²) in [6.45, 7) is 0. The quantitative estimate of drug-likeness (QED) is 0.165. The van der Waals surface area contributed by atoms with E-state index < -0.39 is 0 Å². The molecule has 8 nitrogen and oxygen atoms in total. The lowest BCUT2D eigenvalue weighted by Gasteiger charge is -2.13. The third kappa shape index (κ3) is 4.33. The van der Waals surface area contributed by atoms with Crippen LogP contribution in [0.1, 0.15) is 11.4 Å². The van der Waals surface area contributed by atoms with E-state index in [-0.39, 0.29) is 17.3 Å². The highest BCUT2D eigenvalue weighted by Gasteiger charge is 2.20. The van der Waals surface area contributed by atoms with Crippen LogP contribution in [0.4, 0.5) is 23.3 Å². The molecule has 0 aliphatic heterocycles. The number of nitrogens with two attached hydrogens (primary N) is 1. The number of nitrogens with zero attached hydrogens (tertiary/aromatic N) is 4. The van der Waals surface area contributed by atoms with Gasteiger partial charge in [-0.05, 0) is 41.1 Å². The lowest BCUT2D eigenvalue weighted by atomic mass is 9.99.